The average Bonchev–Trinajstić information content (AvgIpc) is 2.63. The monoisotopic (exact) mass is 576 g/mol. The second-order valence-corrected chi connectivity index (χ2v) is 10.8. The molecule has 2 amide bonds. The van der Waals surface area contributed by atoms with E-state index in [0.717, 1.165) is 3.57 Å². The number of esters is 2. The van der Waals surface area contributed by atoms with Crippen molar-refractivity contribution in [2.45, 2.75) is 77.5 Å². The number of carboxylic acids is 1. The predicted molar refractivity (Wildman–Crippen MR) is 131 cm³/mol. The normalized spacial score (nSPS) is 13.4. The zero-order chi connectivity index (χ0) is 25.4. The first kappa shape index (κ1) is 28.7. The van der Waals surface area contributed by atoms with Crippen LogP contribution in [0, 0.1) is 3.57 Å². The Morgan fingerprint density at radius 2 is 1.52 bits per heavy atom. The molecule has 0 aliphatic rings. The highest BCUT2D eigenvalue weighted by atomic mass is 127. The number of halogens is 1. The third-order valence-corrected chi connectivity index (χ3v) is 4.81. The molecule has 2 unspecified atom stereocenters. The van der Waals surface area contributed by atoms with Crippen molar-refractivity contribution >= 4 is 46.5 Å². The van der Waals surface area contributed by atoms with Gasteiger partial charge in [-0.15, -0.1) is 0 Å². The maximum absolute atomic E-state index is 12.6. The highest BCUT2D eigenvalue weighted by Gasteiger charge is 2.29. The van der Waals surface area contributed by atoms with Crippen molar-refractivity contribution in [1.82, 2.24) is 10.6 Å². The number of urea groups is 1. The smallest absolute Gasteiger partial charge is 0.329 e. The third kappa shape index (κ3) is 11.9. The minimum absolute atomic E-state index is 0.0310. The second kappa shape index (κ2) is 12.2. The lowest BCUT2D eigenvalue weighted by atomic mass is 9.99. The molecule has 0 spiro atoms. The Bertz CT molecular complexity index is 842. The van der Waals surface area contributed by atoms with Crippen molar-refractivity contribution in [3.05, 3.63) is 33.4 Å². The van der Waals surface area contributed by atoms with E-state index in [1.54, 1.807) is 65.8 Å². The Hall–Kier alpha value is -2.37. The van der Waals surface area contributed by atoms with E-state index in [1.165, 1.54) is 0 Å². The van der Waals surface area contributed by atoms with Crippen molar-refractivity contribution in [3.8, 4) is 0 Å². The van der Waals surface area contributed by atoms with Crippen molar-refractivity contribution in [1.29, 1.82) is 0 Å². The minimum atomic E-state index is -1.11. The van der Waals surface area contributed by atoms with E-state index in [2.05, 4.69) is 33.2 Å². The third-order valence-electron chi connectivity index (χ3n) is 4.09. The SMILES string of the molecule is CC(C)(C)OC(=O)CCC(NC(=O)NCC(C(=O)O)c1ccc(I)cc1)C(=O)OC(C)(C)C. The Morgan fingerprint density at radius 3 is 2.00 bits per heavy atom. The van der Waals surface area contributed by atoms with Gasteiger partial charge in [-0.2, -0.15) is 0 Å². The summed E-state index contributed by atoms with van der Waals surface area (Å²) in [6, 6.07) is 5.07. The van der Waals surface area contributed by atoms with Gasteiger partial charge in [-0.3, -0.25) is 9.59 Å². The summed E-state index contributed by atoms with van der Waals surface area (Å²) in [7, 11) is 0. The Labute approximate surface area is 208 Å². The van der Waals surface area contributed by atoms with Crippen LogP contribution in [0.25, 0.3) is 0 Å². The number of ether oxygens (including phenoxy) is 2. The van der Waals surface area contributed by atoms with Crippen LogP contribution in [-0.2, 0) is 23.9 Å². The number of benzene rings is 1. The van der Waals surface area contributed by atoms with Gasteiger partial charge in [0.1, 0.15) is 17.2 Å². The number of rotatable bonds is 9. The van der Waals surface area contributed by atoms with Crippen molar-refractivity contribution in [2.24, 2.45) is 0 Å². The van der Waals surface area contributed by atoms with Gasteiger partial charge in [0.15, 0.2) is 0 Å². The first-order chi connectivity index (χ1) is 15.1. The molecule has 0 bridgehead atoms. The van der Waals surface area contributed by atoms with Gasteiger partial charge < -0.3 is 25.2 Å². The Kier molecular flexibility index (Phi) is 10.6. The topological polar surface area (TPSA) is 131 Å². The molecule has 184 valence electrons. The van der Waals surface area contributed by atoms with E-state index in [4.69, 9.17) is 9.47 Å². The van der Waals surface area contributed by atoms with Crippen LogP contribution in [0.5, 0.6) is 0 Å². The minimum Gasteiger partial charge on any atom is -0.481 e. The molecular weight excluding hydrogens is 543 g/mol. The number of aliphatic carboxylic acids is 1. The predicted octanol–water partition coefficient (Wildman–Crippen LogP) is 3.59. The summed E-state index contributed by atoms with van der Waals surface area (Å²) in [4.78, 5) is 48.8. The molecule has 9 nitrogen and oxygen atoms in total. The molecule has 0 radical (unpaired) electrons. The number of carbonyl (C=O) groups excluding carboxylic acids is 3. The number of hydrogen-bond donors (Lipinski definition) is 3. The molecule has 2 atom stereocenters. The maximum atomic E-state index is 12.6. The Morgan fingerprint density at radius 1 is 0.970 bits per heavy atom. The molecule has 0 saturated heterocycles. The van der Waals surface area contributed by atoms with Crippen LogP contribution >= 0.6 is 22.6 Å². The standard InChI is InChI=1S/C23H33IN2O7/c1-22(2,3)32-18(27)12-11-17(20(30)33-23(4,5)6)26-21(31)25-13-16(19(28)29)14-7-9-15(24)10-8-14/h7-10,16-17H,11-13H2,1-6H3,(H,28,29)(H2,25,26,31). The summed E-state index contributed by atoms with van der Waals surface area (Å²) >= 11 is 2.11. The van der Waals surface area contributed by atoms with E-state index in [1.807, 2.05) is 0 Å². The molecule has 10 heteroatoms. The highest BCUT2D eigenvalue weighted by Crippen LogP contribution is 2.17. The van der Waals surface area contributed by atoms with E-state index in [0.29, 0.717) is 5.56 Å². The molecule has 0 aliphatic heterocycles. The molecule has 33 heavy (non-hydrogen) atoms. The lowest BCUT2D eigenvalue weighted by Crippen LogP contribution is -2.49. The molecule has 1 rings (SSSR count). The molecule has 0 aliphatic carbocycles. The van der Waals surface area contributed by atoms with Crippen molar-refractivity contribution < 1.29 is 33.8 Å². The first-order valence-electron chi connectivity index (χ1n) is 10.5. The van der Waals surface area contributed by atoms with Crippen LogP contribution in [0.15, 0.2) is 24.3 Å². The van der Waals surface area contributed by atoms with Crippen LogP contribution in [0.1, 0.15) is 65.9 Å². The number of carbonyl (C=O) groups is 4. The quantitative estimate of drug-likeness (QED) is 0.303. The molecule has 0 fully saturated rings. The van der Waals surface area contributed by atoms with Gasteiger partial charge in [0.2, 0.25) is 0 Å². The summed E-state index contributed by atoms with van der Waals surface area (Å²) in [5.41, 5.74) is -0.930. The van der Waals surface area contributed by atoms with Gasteiger partial charge in [0.25, 0.3) is 0 Å². The van der Waals surface area contributed by atoms with Gasteiger partial charge in [0, 0.05) is 16.5 Å². The van der Waals surface area contributed by atoms with Gasteiger partial charge in [-0.1, -0.05) is 12.1 Å². The molecule has 1 aromatic rings. The zero-order valence-electron chi connectivity index (χ0n) is 19.9. The molecule has 0 heterocycles. The largest absolute Gasteiger partial charge is 0.481 e. The van der Waals surface area contributed by atoms with Crippen molar-refractivity contribution in [2.75, 3.05) is 6.54 Å². The van der Waals surface area contributed by atoms with Crippen LogP contribution in [0.4, 0.5) is 4.79 Å². The van der Waals surface area contributed by atoms with E-state index < -0.39 is 47.1 Å². The molecule has 0 aromatic heterocycles. The van der Waals surface area contributed by atoms with Crippen LogP contribution in [-0.4, -0.2) is 52.8 Å². The number of carboxylic acid groups (broad SMARTS) is 1. The highest BCUT2D eigenvalue weighted by molar-refractivity contribution is 14.1. The maximum Gasteiger partial charge on any atom is 0.329 e. The fourth-order valence-corrected chi connectivity index (χ4v) is 3.08. The molecule has 0 saturated carbocycles. The molecule has 1 aromatic carbocycles. The first-order valence-corrected chi connectivity index (χ1v) is 11.6. The second-order valence-electron chi connectivity index (χ2n) is 9.51. The number of hydrogen-bond acceptors (Lipinski definition) is 6. The zero-order valence-corrected chi connectivity index (χ0v) is 22.0. The lowest BCUT2D eigenvalue weighted by molar-refractivity contribution is -0.158. The van der Waals surface area contributed by atoms with Crippen LogP contribution in [0.3, 0.4) is 0 Å². The Balaban J connectivity index is 2.82. The van der Waals surface area contributed by atoms with E-state index >= 15 is 0 Å². The van der Waals surface area contributed by atoms with Gasteiger partial charge >= 0.3 is 23.9 Å². The summed E-state index contributed by atoms with van der Waals surface area (Å²) in [5, 5.41) is 14.5. The van der Waals surface area contributed by atoms with Crippen LogP contribution in [0.2, 0.25) is 0 Å². The number of nitrogens with one attached hydrogen (secondary N) is 2. The molecular formula is C23H33IN2O7. The summed E-state index contributed by atoms with van der Waals surface area (Å²) < 4.78 is 11.6. The molecule has 3 N–H and O–H groups in total. The summed E-state index contributed by atoms with van der Waals surface area (Å²) in [6.45, 7) is 10.1. The van der Waals surface area contributed by atoms with E-state index in [9.17, 15) is 24.3 Å². The van der Waals surface area contributed by atoms with Crippen molar-refractivity contribution in [3.63, 3.8) is 0 Å². The van der Waals surface area contributed by atoms with E-state index in [-0.39, 0.29) is 19.4 Å². The summed E-state index contributed by atoms with van der Waals surface area (Å²) in [5.74, 6) is -3.27. The average molecular weight is 576 g/mol. The van der Waals surface area contributed by atoms with Gasteiger partial charge in [-0.25, -0.2) is 9.59 Å². The number of amides is 2. The summed E-state index contributed by atoms with van der Waals surface area (Å²) in [6.07, 6.45) is -0.140. The van der Waals surface area contributed by atoms with Gasteiger partial charge in [0.05, 0.1) is 5.92 Å². The van der Waals surface area contributed by atoms with Crippen LogP contribution < -0.4 is 10.6 Å². The lowest BCUT2D eigenvalue weighted by Gasteiger charge is -2.25. The van der Waals surface area contributed by atoms with Gasteiger partial charge in [-0.05, 0) is 88.3 Å². The fraction of sp³-hybridized carbons (Fsp3) is 0.565. The fourth-order valence-electron chi connectivity index (χ4n) is 2.72.